The molecule has 10 heteroatoms. The zero-order valence-electron chi connectivity index (χ0n) is 19.5. The highest BCUT2D eigenvalue weighted by Gasteiger charge is 2.58. The third kappa shape index (κ3) is 6.98. The number of ether oxygens (including phenoxy) is 4. The lowest BCUT2D eigenvalue weighted by molar-refractivity contribution is -0.145. The average Bonchev–Trinajstić information content (AvgIpc) is 2.81. The summed E-state index contributed by atoms with van der Waals surface area (Å²) < 4.78 is 20.7. The number of hydrogen-bond acceptors (Lipinski definition) is 8. The number of rotatable bonds is 12. The van der Waals surface area contributed by atoms with Crippen LogP contribution < -0.4 is 10.6 Å². The first-order chi connectivity index (χ1) is 16.3. The summed E-state index contributed by atoms with van der Waals surface area (Å²) in [7, 11) is 0. The second-order valence-electron chi connectivity index (χ2n) is 9.71. The van der Waals surface area contributed by atoms with Crippen molar-refractivity contribution in [2.45, 2.75) is 38.5 Å². The SMILES string of the molecule is C=CC(=O)OCCNC(=O)OCC12CC3CC(C1)CC(COC(=O)NCCOC(=O)C=C)(C3)C2. The van der Waals surface area contributed by atoms with E-state index in [0.717, 1.165) is 44.3 Å². The molecule has 4 saturated carbocycles. The van der Waals surface area contributed by atoms with E-state index in [4.69, 9.17) is 18.9 Å². The van der Waals surface area contributed by atoms with E-state index in [1.165, 1.54) is 6.42 Å². The summed E-state index contributed by atoms with van der Waals surface area (Å²) in [6.07, 6.45) is 7.12. The van der Waals surface area contributed by atoms with Crippen molar-refractivity contribution in [1.82, 2.24) is 10.6 Å². The van der Waals surface area contributed by atoms with E-state index >= 15 is 0 Å². The van der Waals surface area contributed by atoms with Crippen molar-refractivity contribution in [3.8, 4) is 0 Å². The molecule has 0 aromatic carbocycles. The maximum atomic E-state index is 12.1. The quantitative estimate of drug-likeness (QED) is 0.189. The predicted molar refractivity (Wildman–Crippen MR) is 121 cm³/mol. The number of esters is 2. The maximum absolute atomic E-state index is 12.1. The molecule has 4 aliphatic rings. The molecule has 0 heterocycles. The van der Waals surface area contributed by atoms with Crippen molar-refractivity contribution in [3.05, 3.63) is 25.3 Å². The van der Waals surface area contributed by atoms with Crippen molar-refractivity contribution >= 4 is 24.1 Å². The van der Waals surface area contributed by atoms with E-state index in [2.05, 4.69) is 23.8 Å². The Hall–Kier alpha value is -3.04. The van der Waals surface area contributed by atoms with Crippen LogP contribution in [-0.4, -0.2) is 63.6 Å². The molecule has 0 saturated heterocycles. The van der Waals surface area contributed by atoms with Crippen LogP contribution in [0.25, 0.3) is 0 Å². The Labute approximate surface area is 199 Å². The number of carbonyl (C=O) groups is 4. The number of carbonyl (C=O) groups excluding carboxylic acids is 4. The van der Waals surface area contributed by atoms with Crippen molar-refractivity contribution in [1.29, 1.82) is 0 Å². The van der Waals surface area contributed by atoms with Gasteiger partial charge in [-0.2, -0.15) is 0 Å². The molecule has 0 aromatic rings. The Morgan fingerprint density at radius 2 is 1.15 bits per heavy atom. The van der Waals surface area contributed by atoms with Crippen molar-refractivity contribution in [2.24, 2.45) is 22.7 Å². The van der Waals surface area contributed by atoms with Crippen molar-refractivity contribution in [3.63, 3.8) is 0 Å². The van der Waals surface area contributed by atoms with E-state index in [-0.39, 0.29) is 37.1 Å². The number of nitrogens with one attached hydrogen (secondary N) is 2. The van der Waals surface area contributed by atoms with Gasteiger partial charge in [0, 0.05) is 23.0 Å². The molecule has 0 unspecified atom stereocenters. The van der Waals surface area contributed by atoms with Crippen LogP contribution >= 0.6 is 0 Å². The standard InChI is InChI=1S/C24H34N2O8/c1-3-19(27)31-7-5-25-21(29)33-15-23-10-17-9-18(11-23)13-24(12-17,14-23)16-34-22(30)26-6-8-32-20(28)4-2/h3-4,17-18H,1-2,5-16H2,(H,25,29)(H,26,30). The molecule has 188 valence electrons. The molecule has 0 radical (unpaired) electrons. The Morgan fingerprint density at radius 1 is 0.735 bits per heavy atom. The summed E-state index contributed by atoms with van der Waals surface area (Å²) in [6, 6.07) is 0. The summed E-state index contributed by atoms with van der Waals surface area (Å²) >= 11 is 0. The molecule has 2 amide bonds. The van der Waals surface area contributed by atoms with Gasteiger partial charge < -0.3 is 29.6 Å². The monoisotopic (exact) mass is 478 g/mol. The van der Waals surface area contributed by atoms with Gasteiger partial charge in [0.15, 0.2) is 0 Å². The van der Waals surface area contributed by atoms with Crippen molar-refractivity contribution in [2.75, 3.05) is 39.5 Å². The third-order valence-electron chi connectivity index (χ3n) is 6.89. The van der Waals surface area contributed by atoms with E-state index in [9.17, 15) is 19.2 Å². The highest BCUT2D eigenvalue weighted by atomic mass is 16.6. The fraction of sp³-hybridized carbons (Fsp3) is 0.667. The van der Waals surface area contributed by atoms with Gasteiger partial charge >= 0.3 is 24.1 Å². The van der Waals surface area contributed by atoms with Gasteiger partial charge in [0.05, 0.1) is 26.3 Å². The molecule has 4 aliphatic carbocycles. The Kier molecular flexibility index (Phi) is 8.57. The molecule has 4 rings (SSSR count). The van der Waals surface area contributed by atoms with Crippen LogP contribution in [0.1, 0.15) is 38.5 Å². The molecular weight excluding hydrogens is 444 g/mol. The van der Waals surface area contributed by atoms with Gasteiger partial charge in [0.1, 0.15) is 13.2 Å². The summed E-state index contributed by atoms with van der Waals surface area (Å²) in [5, 5.41) is 5.18. The summed E-state index contributed by atoms with van der Waals surface area (Å²) in [6.45, 7) is 7.69. The number of alkyl carbamates (subject to hydrolysis) is 2. The van der Waals surface area contributed by atoms with Crippen LogP contribution in [0.15, 0.2) is 25.3 Å². The lowest BCUT2D eigenvalue weighted by Gasteiger charge is -2.61. The molecule has 0 atom stereocenters. The molecule has 4 fully saturated rings. The highest BCUT2D eigenvalue weighted by molar-refractivity contribution is 5.81. The minimum Gasteiger partial charge on any atom is -0.461 e. The largest absolute Gasteiger partial charge is 0.461 e. The predicted octanol–water partition coefficient (Wildman–Crippen LogP) is 2.48. The van der Waals surface area contributed by atoms with Crippen LogP contribution in [-0.2, 0) is 28.5 Å². The van der Waals surface area contributed by atoms with E-state index in [0.29, 0.717) is 25.0 Å². The van der Waals surface area contributed by atoms with E-state index < -0.39 is 24.1 Å². The van der Waals surface area contributed by atoms with Gasteiger partial charge in [-0.25, -0.2) is 19.2 Å². The van der Waals surface area contributed by atoms with Gasteiger partial charge in [0.25, 0.3) is 0 Å². The van der Waals surface area contributed by atoms with Gasteiger partial charge in [-0.1, -0.05) is 13.2 Å². The lowest BCUT2D eigenvalue weighted by atomic mass is 9.44. The normalized spacial score (nSPS) is 28.4. The van der Waals surface area contributed by atoms with Crippen LogP contribution in [0.4, 0.5) is 9.59 Å². The smallest absolute Gasteiger partial charge is 0.407 e. The van der Waals surface area contributed by atoms with Gasteiger partial charge in [-0.05, 0) is 50.4 Å². The zero-order chi connectivity index (χ0) is 24.6. The number of amides is 2. The Bertz CT molecular complexity index is 735. The van der Waals surface area contributed by atoms with Crippen LogP contribution in [0.5, 0.6) is 0 Å². The van der Waals surface area contributed by atoms with Gasteiger partial charge in [-0.3, -0.25) is 0 Å². The molecule has 0 aromatic heterocycles. The van der Waals surface area contributed by atoms with E-state index in [1.54, 1.807) is 0 Å². The third-order valence-corrected chi connectivity index (χ3v) is 6.89. The van der Waals surface area contributed by atoms with Crippen LogP contribution in [0.3, 0.4) is 0 Å². The summed E-state index contributed by atoms with van der Waals surface area (Å²) in [5.74, 6) is -0.00506. The van der Waals surface area contributed by atoms with Gasteiger partial charge in [-0.15, -0.1) is 0 Å². The zero-order valence-corrected chi connectivity index (χ0v) is 19.5. The summed E-state index contributed by atoms with van der Waals surface area (Å²) in [4.78, 5) is 46.3. The number of hydrogen-bond donors (Lipinski definition) is 2. The molecule has 4 bridgehead atoms. The second kappa shape index (κ2) is 11.4. The topological polar surface area (TPSA) is 129 Å². The van der Waals surface area contributed by atoms with Crippen LogP contribution in [0, 0.1) is 22.7 Å². The molecule has 2 N–H and O–H groups in total. The molecule has 0 spiro atoms. The first-order valence-electron chi connectivity index (χ1n) is 11.7. The molecule has 10 nitrogen and oxygen atoms in total. The van der Waals surface area contributed by atoms with E-state index in [1.807, 2.05) is 0 Å². The molecule has 0 aliphatic heterocycles. The second-order valence-corrected chi connectivity index (χ2v) is 9.71. The molecular formula is C24H34N2O8. The average molecular weight is 479 g/mol. The fourth-order valence-electron chi connectivity index (χ4n) is 6.25. The minimum atomic E-state index is -0.541. The maximum Gasteiger partial charge on any atom is 0.407 e. The Morgan fingerprint density at radius 3 is 1.53 bits per heavy atom. The van der Waals surface area contributed by atoms with Gasteiger partial charge in [0.2, 0.25) is 0 Å². The first-order valence-corrected chi connectivity index (χ1v) is 11.7. The minimum absolute atomic E-state index is 0.0500. The fourth-order valence-corrected chi connectivity index (χ4v) is 6.25. The highest BCUT2D eigenvalue weighted by Crippen LogP contribution is 2.65. The molecule has 34 heavy (non-hydrogen) atoms. The van der Waals surface area contributed by atoms with Crippen LogP contribution in [0.2, 0.25) is 0 Å². The Balaban J connectivity index is 1.43. The lowest BCUT2D eigenvalue weighted by Crippen LogP contribution is -2.55. The van der Waals surface area contributed by atoms with Crippen molar-refractivity contribution < 1.29 is 38.1 Å². The first kappa shape index (κ1) is 25.6. The summed E-state index contributed by atoms with van der Waals surface area (Å²) in [5.41, 5.74) is -0.203.